The Labute approximate surface area is 92.5 Å². The quantitative estimate of drug-likeness (QED) is 0.769. The zero-order valence-corrected chi connectivity index (χ0v) is 9.92. The second-order valence-electron chi connectivity index (χ2n) is 5.19. The first-order valence-corrected chi connectivity index (χ1v) is 6.14. The summed E-state index contributed by atoms with van der Waals surface area (Å²) in [6.07, 6.45) is 5.41. The molecule has 1 heterocycles. The van der Waals surface area contributed by atoms with Gasteiger partial charge < -0.3 is 14.8 Å². The first-order valence-electron chi connectivity index (χ1n) is 6.14. The first-order chi connectivity index (χ1) is 7.24. The van der Waals surface area contributed by atoms with E-state index in [9.17, 15) is 0 Å². The van der Waals surface area contributed by atoms with Gasteiger partial charge in [-0.05, 0) is 25.8 Å². The molecule has 2 rings (SSSR count). The van der Waals surface area contributed by atoms with Crippen molar-refractivity contribution in [3.8, 4) is 0 Å². The predicted molar refractivity (Wildman–Crippen MR) is 60.0 cm³/mol. The van der Waals surface area contributed by atoms with Crippen LogP contribution in [0.3, 0.4) is 0 Å². The van der Waals surface area contributed by atoms with Crippen LogP contribution in [0.4, 0.5) is 0 Å². The fourth-order valence-corrected chi connectivity index (χ4v) is 2.88. The highest BCUT2D eigenvalue weighted by molar-refractivity contribution is 4.90. The van der Waals surface area contributed by atoms with E-state index >= 15 is 0 Å². The van der Waals surface area contributed by atoms with Crippen LogP contribution in [0.5, 0.6) is 0 Å². The summed E-state index contributed by atoms with van der Waals surface area (Å²) in [4.78, 5) is 0. The van der Waals surface area contributed by atoms with Gasteiger partial charge in [-0.3, -0.25) is 0 Å². The van der Waals surface area contributed by atoms with Crippen molar-refractivity contribution in [3.05, 3.63) is 0 Å². The molecule has 15 heavy (non-hydrogen) atoms. The maximum absolute atomic E-state index is 6.24. The molecule has 2 unspecified atom stereocenters. The van der Waals surface area contributed by atoms with E-state index in [0.717, 1.165) is 25.7 Å². The van der Waals surface area contributed by atoms with Crippen molar-refractivity contribution in [2.75, 3.05) is 26.8 Å². The van der Waals surface area contributed by atoms with Crippen molar-refractivity contribution in [3.63, 3.8) is 0 Å². The molecule has 2 atom stereocenters. The van der Waals surface area contributed by atoms with E-state index in [1.54, 1.807) is 0 Å². The average Bonchev–Trinajstić information content (AvgIpc) is 2.12. The SMILES string of the molecule is CNCC1(OC2COC2)CCCC(C)C1. The van der Waals surface area contributed by atoms with Crippen molar-refractivity contribution in [2.45, 2.75) is 44.3 Å². The second kappa shape index (κ2) is 4.81. The van der Waals surface area contributed by atoms with Crippen LogP contribution in [-0.2, 0) is 9.47 Å². The van der Waals surface area contributed by atoms with Crippen molar-refractivity contribution in [1.29, 1.82) is 0 Å². The van der Waals surface area contributed by atoms with Crippen LogP contribution >= 0.6 is 0 Å². The van der Waals surface area contributed by atoms with Gasteiger partial charge in [0.15, 0.2) is 0 Å². The van der Waals surface area contributed by atoms with Gasteiger partial charge in [-0.15, -0.1) is 0 Å². The lowest BCUT2D eigenvalue weighted by atomic mass is 9.78. The summed E-state index contributed by atoms with van der Waals surface area (Å²) >= 11 is 0. The minimum atomic E-state index is 0.0842. The normalized spacial score (nSPS) is 37.6. The van der Waals surface area contributed by atoms with E-state index in [4.69, 9.17) is 9.47 Å². The molecule has 1 aliphatic heterocycles. The van der Waals surface area contributed by atoms with Gasteiger partial charge in [0.25, 0.3) is 0 Å². The molecule has 2 aliphatic rings. The number of likely N-dealkylation sites (N-methyl/N-ethyl adjacent to an activating group) is 1. The van der Waals surface area contributed by atoms with E-state index in [1.807, 2.05) is 7.05 Å². The van der Waals surface area contributed by atoms with E-state index in [2.05, 4.69) is 12.2 Å². The largest absolute Gasteiger partial charge is 0.376 e. The lowest BCUT2D eigenvalue weighted by Gasteiger charge is -2.44. The second-order valence-corrected chi connectivity index (χ2v) is 5.19. The Bertz CT molecular complexity index is 202. The third kappa shape index (κ3) is 2.71. The Morgan fingerprint density at radius 1 is 1.47 bits per heavy atom. The fourth-order valence-electron chi connectivity index (χ4n) is 2.88. The zero-order chi connectivity index (χ0) is 10.7. The molecule has 0 spiro atoms. The molecule has 0 radical (unpaired) electrons. The van der Waals surface area contributed by atoms with Gasteiger partial charge in [0, 0.05) is 6.54 Å². The Hall–Kier alpha value is -0.120. The zero-order valence-electron chi connectivity index (χ0n) is 9.92. The Morgan fingerprint density at radius 2 is 2.27 bits per heavy atom. The smallest absolute Gasteiger partial charge is 0.105 e. The number of ether oxygens (including phenoxy) is 2. The number of hydrogen-bond acceptors (Lipinski definition) is 3. The minimum Gasteiger partial charge on any atom is -0.376 e. The molecule has 0 aromatic rings. The Morgan fingerprint density at radius 3 is 2.80 bits per heavy atom. The van der Waals surface area contributed by atoms with Gasteiger partial charge in [-0.25, -0.2) is 0 Å². The standard InChI is InChI=1S/C12H23NO2/c1-10-4-3-5-12(6-10,9-13-2)15-11-7-14-8-11/h10-11,13H,3-9H2,1-2H3. The summed E-state index contributed by atoms with van der Waals surface area (Å²) in [5, 5.41) is 3.29. The van der Waals surface area contributed by atoms with Crippen LogP contribution in [0.25, 0.3) is 0 Å². The molecule has 2 fully saturated rings. The molecule has 3 heteroatoms. The van der Waals surface area contributed by atoms with E-state index in [1.165, 1.54) is 25.7 Å². The summed E-state index contributed by atoms with van der Waals surface area (Å²) in [5.41, 5.74) is 0.0842. The molecule has 0 bridgehead atoms. The average molecular weight is 213 g/mol. The third-order valence-corrected chi connectivity index (χ3v) is 3.57. The number of hydrogen-bond donors (Lipinski definition) is 1. The highest BCUT2D eigenvalue weighted by Crippen LogP contribution is 2.36. The maximum atomic E-state index is 6.24. The van der Waals surface area contributed by atoms with Gasteiger partial charge in [-0.2, -0.15) is 0 Å². The molecule has 1 N–H and O–H groups in total. The summed E-state index contributed by atoms with van der Waals surface area (Å²) in [5.74, 6) is 0.799. The van der Waals surface area contributed by atoms with Gasteiger partial charge in [0.1, 0.15) is 6.10 Å². The van der Waals surface area contributed by atoms with E-state index in [0.29, 0.717) is 6.10 Å². The van der Waals surface area contributed by atoms with E-state index < -0.39 is 0 Å². The van der Waals surface area contributed by atoms with Crippen LogP contribution in [0.1, 0.15) is 32.6 Å². The highest BCUT2D eigenvalue weighted by Gasteiger charge is 2.39. The molecule has 0 aromatic carbocycles. The minimum absolute atomic E-state index is 0.0842. The molecule has 3 nitrogen and oxygen atoms in total. The number of nitrogens with one attached hydrogen (secondary N) is 1. The first kappa shape index (κ1) is 11.4. The van der Waals surface area contributed by atoms with Gasteiger partial charge in [-0.1, -0.05) is 19.8 Å². The topological polar surface area (TPSA) is 30.5 Å². The maximum Gasteiger partial charge on any atom is 0.105 e. The van der Waals surface area contributed by atoms with Gasteiger partial charge >= 0.3 is 0 Å². The van der Waals surface area contributed by atoms with Crippen molar-refractivity contribution in [2.24, 2.45) is 5.92 Å². The molecule has 1 aliphatic carbocycles. The van der Waals surface area contributed by atoms with Crippen molar-refractivity contribution in [1.82, 2.24) is 5.32 Å². The van der Waals surface area contributed by atoms with Crippen LogP contribution in [0.2, 0.25) is 0 Å². The Balaban J connectivity index is 1.94. The molecule has 0 aromatic heterocycles. The van der Waals surface area contributed by atoms with Gasteiger partial charge in [0.05, 0.1) is 18.8 Å². The van der Waals surface area contributed by atoms with E-state index in [-0.39, 0.29) is 5.60 Å². The highest BCUT2D eigenvalue weighted by atomic mass is 16.6. The lowest BCUT2D eigenvalue weighted by molar-refractivity contribution is -0.203. The molecule has 1 saturated heterocycles. The molecular weight excluding hydrogens is 190 g/mol. The molecule has 1 saturated carbocycles. The summed E-state index contributed by atoms with van der Waals surface area (Å²) < 4.78 is 11.4. The third-order valence-electron chi connectivity index (χ3n) is 3.57. The summed E-state index contributed by atoms with van der Waals surface area (Å²) in [7, 11) is 2.02. The van der Waals surface area contributed by atoms with Gasteiger partial charge in [0.2, 0.25) is 0 Å². The van der Waals surface area contributed by atoms with Crippen LogP contribution in [0, 0.1) is 5.92 Å². The predicted octanol–water partition coefficient (Wildman–Crippen LogP) is 1.57. The molecule has 0 amide bonds. The van der Waals surface area contributed by atoms with Crippen LogP contribution < -0.4 is 5.32 Å². The van der Waals surface area contributed by atoms with Crippen LogP contribution in [-0.4, -0.2) is 38.5 Å². The fraction of sp³-hybridized carbons (Fsp3) is 1.00. The van der Waals surface area contributed by atoms with Crippen molar-refractivity contribution < 1.29 is 9.47 Å². The lowest BCUT2D eigenvalue weighted by Crippen LogP contribution is -2.52. The summed E-state index contributed by atoms with van der Waals surface area (Å²) in [6.45, 7) is 4.90. The monoisotopic (exact) mass is 213 g/mol. The summed E-state index contributed by atoms with van der Waals surface area (Å²) in [6, 6.07) is 0. The van der Waals surface area contributed by atoms with Crippen molar-refractivity contribution >= 4 is 0 Å². The van der Waals surface area contributed by atoms with Crippen LogP contribution in [0.15, 0.2) is 0 Å². The Kier molecular flexibility index (Phi) is 3.65. The molecular formula is C12H23NO2. The molecule has 88 valence electrons. The number of rotatable bonds is 4.